The second-order valence-corrected chi connectivity index (χ2v) is 5.22. The van der Waals surface area contributed by atoms with Crippen LogP contribution in [0.4, 0.5) is 0 Å². The first-order chi connectivity index (χ1) is 8.18. The average molecular weight is 234 g/mol. The van der Waals surface area contributed by atoms with Gasteiger partial charge in [0, 0.05) is 0 Å². The van der Waals surface area contributed by atoms with Crippen LogP contribution >= 0.6 is 0 Å². The highest BCUT2D eigenvalue weighted by atomic mass is 16.6. The second kappa shape index (κ2) is 5.54. The number of unbranched alkanes of at least 4 members (excludes halogenated alkanes) is 2. The third kappa shape index (κ3) is 4.04. The zero-order chi connectivity index (χ0) is 12.1. The number of epoxide rings is 1. The lowest BCUT2D eigenvalue weighted by molar-refractivity contribution is 0.298. The van der Waals surface area contributed by atoms with Crippen molar-refractivity contribution in [3.05, 3.63) is 30.3 Å². The van der Waals surface area contributed by atoms with E-state index in [9.17, 15) is 0 Å². The molecule has 0 radical (unpaired) electrons. The number of hydrogen-bond acceptors (Lipinski definition) is 2. The van der Waals surface area contributed by atoms with E-state index in [1.807, 2.05) is 30.3 Å². The first-order valence-corrected chi connectivity index (χ1v) is 6.54. The van der Waals surface area contributed by atoms with Gasteiger partial charge in [-0.2, -0.15) is 0 Å². The van der Waals surface area contributed by atoms with E-state index in [4.69, 9.17) is 9.47 Å². The molecule has 1 unspecified atom stereocenters. The van der Waals surface area contributed by atoms with Crippen LogP contribution in [0.2, 0.25) is 0 Å². The number of ether oxygens (including phenoxy) is 2. The molecule has 0 aliphatic carbocycles. The van der Waals surface area contributed by atoms with Crippen molar-refractivity contribution in [2.45, 2.75) is 51.2 Å². The number of rotatable bonds is 7. The van der Waals surface area contributed by atoms with Gasteiger partial charge in [0.1, 0.15) is 5.75 Å². The summed E-state index contributed by atoms with van der Waals surface area (Å²) >= 11 is 0. The predicted molar refractivity (Wildman–Crippen MR) is 69.4 cm³/mol. The van der Waals surface area contributed by atoms with E-state index in [1.165, 1.54) is 19.3 Å². The van der Waals surface area contributed by atoms with Gasteiger partial charge in [-0.25, -0.2) is 0 Å². The molecule has 17 heavy (non-hydrogen) atoms. The zero-order valence-electron chi connectivity index (χ0n) is 10.8. The van der Waals surface area contributed by atoms with Crippen molar-refractivity contribution < 1.29 is 9.47 Å². The summed E-state index contributed by atoms with van der Waals surface area (Å²) in [5, 5.41) is 0. The van der Waals surface area contributed by atoms with E-state index in [2.05, 4.69) is 13.8 Å². The van der Waals surface area contributed by atoms with Gasteiger partial charge in [-0.1, -0.05) is 24.6 Å². The quantitative estimate of drug-likeness (QED) is 0.528. The molecule has 0 N–H and O–H groups in total. The molecule has 0 spiro atoms. The predicted octanol–water partition coefficient (Wildman–Crippen LogP) is 3.80. The Labute approximate surface area is 104 Å². The van der Waals surface area contributed by atoms with Crippen LogP contribution in [-0.2, 0) is 4.74 Å². The molecule has 1 aliphatic heterocycles. The fourth-order valence-corrected chi connectivity index (χ4v) is 2.05. The molecule has 1 saturated heterocycles. The fourth-order valence-electron chi connectivity index (χ4n) is 2.05. The minimum absolute atomic E-state index is 0.153. The highest BCUT2D eigenvalue weighted by Gasteiger charge is 2.46. The van der Waals surface area contributed by atoms with Crippen LogP contribution in [0.15, 0.2) is 30.3 Å². The summed E-state index contributed by atoms with van der Waals surface area (Å²) in [5.41, 5.74) is 0.153. The fraction of sp³-hybridized carbons (Fsp3) is 0.600. The molecule has 1 aromatic rings. The van der Waals surface area contributed by atoms with Gasteiger partial charge in [0.2, 0.25) is 0 Å². The highest BCUT2D eigenvalue weighted by molar-refractivity contribution is 5.20. The lowest BCUT2D eigenvalue weighted by atomic mass is 10.0. The van der Waals surface area contributed by atoms with E-state index >= 15 is 0 Å². The highest BCUT2D eigenvalue weighted by Crippen LogP contribution is 2.38. The Bertz CT molecular complexity index is 332. The molecule has 2 heteroatoms. The summed E-state index contributed by atoms with van der Waals surface area (Å²) in [6.07, 6.45) is 5.28. The van der Waals surface area contributed by atoms with Crippen LogP contribution in [0.3, 0.4) is 0 Å². The van der Waals surface area contributed by atoms with E-state index in [-0.39, 0.29) is 5.60 Å². The van der Waals surface area contributed by atoms with Gasteiger partial charge in [0.15, 0.2) is 0 Å². The maximum absolute atomic E-state index is 5.64. The van der Waals surface area contributed by atoms with Crippen LogP contribution in [0.5, 0.6) is 5.75 Å². The third-order valence-electron chi connectivity index (χ3n) is 3.29. The van der Waals surface area contributed by atoms with Crippen LogP contribution in [0, 0.1) is 0 Å². The molecule has 1 aliphatic rings. The van der Waals surface area contributed by atoms with Crippen LogP contribution < -0.4 is 4.74 Å². The van der Waals surface area contributed by atoms with Gasteiger partial charge in [0.25, 0.3) is 0 Å². The molecule has 2 rings (SSSR count). The van der Waals surface area contributed by atoms with Crippen molar-refractivity contribution in [1.82, 2.24) is 0 Å². The van der Waals surface area contributed by atoms with Gasteiger partial charge in [0.05, 0.1) is 18.3 Å². The molecular formula is C15H22O2. The Kier molecular flexibility index (Phi) is 4.06. The lowest BCUT2D eigenvalue weighted by Crippen LogP contribution is -2.03. The van der Waals surface area contributed by atoms with Gasteiger partial charge in [-0.15, -0.1) is 0 Å². The molecule has 0 aromatic heterocycles. The van der Waals surface area contributed by atoms with Gasteiger partial charge in [-0.05, 0) is 45.2 Å². The first kappa shape index (κ1) is 12.4. The van der Waals surface area contributed by atoms with Gasteiger partial charge < -0.3 is 9.47 Å². The molecule has 1 aromatic carbocycles. The van der Waals surface area contributed by atoms with Gasteiger partial charge >= 0.3 is 0 Å². The average Bonchev–Trinajstić information content (AvgIpc) is 2.93. The second-order valence-electron chi connectivity index (χ2n) is 5.22. The Morgan fingerprint density at radius 1 is 1.12 bits per heavy atom. The SMILES string of the molecule is CC1(C)OC1CCCCCOc1ccccc1. The summed E-state index contributed by atoms with van der Waals surface area (Å²) in [6.45, 7) is 5.14. The van der Waals surface area contributed by atoms with Crippen LogP contribution in [0.1, 0.15) is 39.5 Å². The van der Waals surface area contributed by atoms with Crippen molar-refractivity contribution in [1.29, 1.82) is 0 Å². The smallest absolute Gasteiger partial charge is 0.119 e. The molecule has 0 amide bonds. The van der Waals surface area contributed by atoms with Crippen molar-refractivity contribution >= 4 is 0 Å². The molecule has 0 bridgehead atoms. The molecule has 1 atom stereocenters. The van der Waals surface area contributed by atoms with Crippen molar-refractivity contribution in [2.24, 2.45) is 0 Å². The maximum atomic E-state index is 5.64. The van der Waals surface area contributed by atoms with Gasteiger partial charge in [-0.3, -0.25) is 0 Å². The molecule has 1 fully saturated rings. The minimum atomic E-state index is 0.153. The molecule has 94 valence electrons. The lowest BCUT2D eigenvalue weighted by Gasteiger charge is -2.05. The van der Waals surface area contributed by atoms with Crippen LogP contribution in [0.25, 0.3) is 0 Å². The monoisotopic (exact) mass is 234 g/mol. The summed E-state index contributed by atoms with van der Waals surface area (Å²) in [6, 6.07) is 10.0. The van der Waals surface area contributed by atoms with E-state index in [1.54, 1.807) is 0 Å². The standard InChI is InChI=1S/C15H22O2/c1-15(2)14(17-15)11-7-4-8-12-16-13-9-5-3-6-10-13/h3,5-6,9-10,14H,4,7-8,11-12H2,1-2H3. The summed E-state index contributed by atoms with van der Waals surface area (Å²) in [4.78, 5) is 0. The van der Waals surface area contributed by atoms with Crippen LogP contribution in [-0.4, -0.2) is 18.3 Å². The number of hydrogen-bond donors (Lipinski definition) is 0. The van der Waals surface area contributed by atoms with Crippen molar-refractivity contribution in [3.8, 4) is 5.75 Å². The first-order valence-electron chi connectivity index (χ1n) is 6.54. The van der Waals surface area contributed by atoms with E-state index in [0.717, 1.165) is 18.8 Å². The molecular weight excluding hydrogens is 212 g/mol. The largest absolute Gasteiger partial charge is 0.494 e. The third-order valence-corrected chi connectivity index (χ3v) is 3.29. The van der Waals surface area contributed by atoms with Crippen molar-refractivity contribution in [2.75, 3.05) is 6.61 Å². The summed E-state index contributed by atoms with van der Waals surface area (Å²) in [5.74, 6) is 0.971. The van der Waals surface area contributed by atoms with Crippen molar-refractivity contribution in [3.63, 3.8) is 0 Å². The Morgan fingerprint density at radius 3 is 2.47 bits per heavy atom. The topological polar surface area (TPSA) is 21.8 Å². The summed E-state index contributed by atoms with van der Waals surface area (Å²) < 4.78 is 11.2. The zero-order valence-corrected chi connectivity index (χ0v) is 10.8. The minimum Gasteiger partial charge on any atom is -0.494 e. The molecule has 2 nitrogen and oxygen atoms in total. The molecule has 1 heterocycles. The van der Waals surface area contributed by atoms with E-state index in [0.29, 0.717) is 6.10 Å². The maximum Gasteiger partial charge on any atom is 0.119 e. The Morgan fingerprint density at radius 2 is 1.82 bits per heavy atom. The van der Waals surface area contributed by atoms with E-state index < -0.39 is 0 Å². The summed E-state index contributed by atoms with van der Waals surface area (Å²) in [7, 11) is 0. The Balaban J connectivity index is 1.47. The Hall–Kier alpha value is -1.02. The number of para-hydroxylation sites is 1. The normalized spacial score (nSPS) is 21.2. The molecule has 0 saturated carbocycles. The number of benzene rings is 1.